The molecule has 0 radical (unpaired) electrons. The maximum atomic E-state index is 13.5. The van der Waals surface area contributed by atoms with E-state index in [1.165, 1.54) is 0 Å². The molecule has 0 bridgehead atoms. The molecule has 1 fully saturated rings. The second-order valence-electron chi connectivity index (χ2n) is 6.56. The maximum absolute atomic E-state index is 13.5. The summed E-state index contributed by atoms with van der Waals surface area (Å²) in [4.78, 5) is 25.3. The summed E-state index contributed by atoms with van der Waals surface area (Å²) in [5, 5.41) is 0. The van der Waals surface area contributed by atoms with Crippen molar-refractivity contribution in [1.29, 1.82) is 0 Å². The van der Waals surface area contributed by atoms with Gasteiger partial charge >= 0.3 is 6.09 Å². The highest BCUT2D eigenvalue weighted by Gasteiger charge is 2.46. The molecule has 0 aromatic heterocycles. The molecule has 0 spiro atoms. The summed E-state index contributed by atoms with van der Waals surface area (Å²) < 4.78 is 32.2. The summed E-state index contributed by atoms with van der Waals surface area (Å²) in [6, 6.07) is -1.10. The Bertz CT molecular complexity index is 388. The molecule has 0 aromatic carbocycles. The molecule has 1 aliphatic rings. The van der Waals surface area contributed by atoms with Crippen molar-refractivity contribution >= 4 is 11.9 Å². The van der Waals surface area contributed by atoms with E-state index >= 15 is 0 Å². The fourth-order valence-corrected chi connectivity index (χ4v) is 2.11. The Morgan fingerprint density at radius 2 is 1.85 bits per heavy atom. The molecule has 0 aromatic rings. The largest absolute Gasteiger partial charge is 0.444 e. The van der Waals surface area contributed by atoms with Crippen LogP contribution >= 0.6 is 0 Å². The Balaban J connectivity index is 2.92. The third-order valence-corrected chi connectivity index (χ3v) is 3.11. The molecule has 116 valence electrons. The van der Waals surface area contributed by atoms with Gasteiger partial charge in [-0.25, -0.2) is 13.6 Å². The summed E-state index contributed by atoms with van der Waals surface area (Å²) in [5.41, 5.74) is -0.720. The van der Waals surface area contributed by atoms with Crippen LogP contribution in [0.15, 0.2) is 0 Å². The third-order valence-electron chi connectivity index (χ3n) is 3.11. The van der Waals surface area contributed by atoms with Gasteiger partial charge in [-0.05, 0) is 20.8 Å². The number of halogens is 2. The smallest absolute Gasteiger partial charge is 0.410 e. The molecule has 0 N–H and O–H groups in total. The number of alkyl halides is 2. The van der Waals surface area contributed by atoms with Crippen molar-refractivity contribution in [3.8, 4) is 0 Å². The highest BCUT2D eigenvalue weighted by atomic mass is 19.3. The van der Waals surface area contributed by atoms with Gasteiger partial charge in [0.15, 0.2) is 5.78 Å². The van der Waals surface area contributed by atoms with E-state index in [9.17, 15) is 18.4 Å². The number of likely N-dealkylation sites (tertiary alicyclic amines) is 1. The number of hydrogen-bond acceptors (Lipinski definition) is 3. The number of ketones is 1. The first-order valence-electron chi connectivity index (χ1n) is 6.84. The number of nitrogens with zero attached hydrogens (tertiary/aromatic N) is 1. The van der Waals surface area contributed by atoms with E-state index in [-0.39, 0.29) is 12.3 Å². The predicted molar refractivity (Wildman–Crippen MR) is 70.8 cm³/mol. The molecular weight excluding hydrogens is 268 g/mol. The summed E-state index contributed by atoms with van der Waals surface area (Å²) in [5.74, 6) is -3.66. The zero-order chi connectivity index (χ0) is 15.7. The molecule has 1 amide bonds. The zero-order valence-corrected chi connectivity index (χ0v) is 12.7. The van der Waals surface area contributed by atoms with Crippen molar-refractivity contribution in [2.24, 2.45) is 5.92 Å². The van der Waals surface area contributed by atoms with E-state index in [0.29, 0.717) is 0 Å². The predicted octanol–water partition coefficient (Wildman–Crippen LogP) is 3.25. The molecule has 0 saturated carbocycles. The van der Waals surface area contributed by atoms with Crippen LogP contribution in [0.5, 0.6) is 0 Å². The average molecular weight is 291 g/mol. The zero-order valence-electron chi connectivity index (χ0n) is 12.7. The van der Waals surface area contributed by atoms with Gasteiger partial charge < -0.3 is 4.74 Å². The highest BCUT2D eigenvalue weighted by molar-refractivity contribution is 5.89. The minimum atomic E-state index is -2.91. The first kappa shape index (κ1) is 16.9. The molecule has 1 saturated heterocycles. The van der Waals surface area contributed by atoms with E-state index in [0.717, 1.165) is 4.90 Å². The van der Waals surface area contributed by atoms with E-state index in [4.69, 9.17) is 4.74 Å². The molecule has 20 heavy (non-hydrogen) atoms. The number of ether oxygens (including phenoxy) is 1. The van der Waals surface area contributed by atoms with Crippen LogP contribution in [0.4, 0.5) is 13.6 Å². The minimum absolute atomic E-state index is 0.162. The second kappa shape index (κ2) is 5.66. The average Bonchev–Trinajstić information content (AvgIpc) is 2.23. The number of hydrogen-bond donors (Lipinski definition) is 0. The van der Waals surface area contributed by atoms with Crippen molar-refractivity contribution in [1.82, 2.24) is 4.90 Å². The lowest BCUT2D eigenvalue weighted by Gasteiger charge is -2.39. The normalized spacial score (nSPS) is 22.8. The molecule has 1 aliphatic heterocycles. The third kappa shape index (κ3) is 4.42. The van der Waals surface area contributed by atoms with Crippen molar-refractivity contribution < 1.29 is 23.1 Å². The van der Waals surface area contributed by atoms with Crippen LogP contribution < -0.4 is 0 Å². The lowest BCUT2D eigenvalue weighted by Crippen LogP contribution is -2.55. The Hall–Kier alpha value is -1.20. The molecule has 1 atom stereocenters. The first-order valence-corrected chi connectivity index (χ1v) is 6.84. The minimum Gasteiger partial charge on any atom is -0.444 e. The van der Waals surface area contributed by atoms with Gasteiger partial charge in [0.25, 0.3) is 5.92 Å². The number of piperidine rings is 1. The van der Waals surface area contributed by atoms with Gasteiger partial charge in [-0.3, -0.25) is 9.69 Å². The quantitative estimate of drug-likeness (QED) is 0.784. The molecule has 4 nitrogen and oxygen atoms in total. The van der Waals surface area contributed by atoms with Gasteiger partial charge in [0, 0.05) is 25.3 Å². The fourth-order valence-electron chi connectivity index (χ4n) is 2.11. The Morgan fingerprint density at radius 3 is 2.30 bits per heavy atom. The fraction of sp³-hybridized carbons (Fsp3) is 0.857. The van der Waals surface area contributed by atoms with Gasteiger partial charge in [-0.1, -0.05) is 13.8 Å². The van der Waals surface area contributed by atoms with E-state index < -0.39 is 42.4 Å². The molecular formula is C14H23F2NO3. The number of carbonyl (C=O) groups excluding carboxylic acids is 2. The Labute approximate surface area is 118 Å². The van der Waals surface area contributed by atoms with Crippen molar-refractivity contribution in [2.75, 3.05) is 6.54 Å². The first-order chi connectivity index (χ1) is 8.93. The van der Waals surface area contributed by atoms with E-state index in [1.807, 2.05) is 0 Å². The molecule has 0 unspecified atom stereocenters. The van der Waals surface area contributed by atoms with E-state index in [2.05, 4.69) is 0 Å². The van der Waals surface area contributed by atoms with Crippen LogP contribution in [0.3, 0.4) is 0 Å². The lowest BCUT2D eigenvalue weighted by molar-refractivity contribution is -0.137. The molecule has 1 heterocycles. The van der Waals surface area contributed by atoms with Crippen molar-refractivity contribution in [3.63, 3.8) is 0 Å². The maximum Gasteiger partial charge on any atom is 0.410 e. The second-order valence-corrected chi connectivity index (χ2v) is 6.56. The SMILES string of the molecule is CC(C)C(=O)[C@@H]1CC(F)(F)CCN1C(=O)OC(C)(C)C. The summed E-state index contributed by atoms with van der Waals surface area (Å²) in [6.07, 6.45) is -1.76. The van der Waals surface area contributed by atoms with Crippen LogP contribution in [-0.4, -0.2) is 40.9 Å². The van der Waals surface area contributed by atoms with Gasteiger partial charge in [0.05, 0.1) is 6.04 Å². The van der Waals surface area contributed by atoms with Gasteiger partial charge in [0.2, 0.25) is 0 Å². The molecule has 1 rings (SSSR count). The van der Waals surface area contributed by atoms with Crippen LogP contribution in [0.25, 0.3) is 0 Å². The number of carbonyl (C=O) groups is 2. The standard InChI is InChI=1S/C14H23F2NO3/c1-9(2)11(18)10-8-14(15,16)6-7-17(10)12(19)20-13(3,4)5/h9-10H,6-8H2,1-5H3/t10-/m0/s1. The van der Waals surface area contributed by atoms with Crippen LogP contribution in [0.1, 0.15) is 47.5 Å². The number of rotatable bonds is 2. The topological polar surface area (TPSA) is 46.6 Å². The molecule has 0 aliphatic carbocycles. The Kier molecular flexibility index (Phi) is 4.77. The lowest BCUT2D eigenvalue weighted by atomic mass is 9.91. The van der Waals surface area contributed by atoms with Gasteiger partial charge in [-0.15, -0.1) is 0 Å². The summed E-state index contributed by atoms with van der Waals surface area (Å²) >= 11 is 0. The van der Waals surface area contributed by atoms with Gasteiger partial charge in [-0.2, -0.15) is 0 Å². The van der Waals surface area contributed by atoms with E-state index in [1.54, 1.807) is 34.6 Å². The number of amides is 1. The monoisotopic (exact) mass is 291 g/mol. The van der Waals surface area contributed by atoms with Crippen LogP contribution in [0.2, 0.25) is 0 Å². The van der Waals surface area contributed by atoms with Crippen LogP contribution in [0, 0.1) is 5.92 Å². The summed E-state index contributed by atoms with van der Waals surface area (Å²) in [6.45, 7) is 8.21. The van der Waals surface area contributed by atoms with Crippen molar-refractivity contribution in [3.05, 3.63) is 0 Å². The Morgan fingerprint density at radius 1 is 1.30 bits per heavy atom. The highest BCUT2D eigenvalue weighted by Crippen LogP contribution is 2.33. The molecule has 6 heteroatoms. The van der Waals surface area contributed by atoms with Crippen LogP contribution in [-0.2, 0) is 9.53 Å². The summed E-state index contributed by atoms with van der Waals surface area (Å²) in [7, 11) is 0. The van der Waals surface area contributed by atoms with Crippen molar-refractivity contribution in [2.45, 2.75) is 65.0 Å². The number of Topliss-reactive ketones (excluding diaryl/α,β-unsaturated/α-hetero) is 1. The van der Waals surface area contributed by atoms with Gasteiger partial charge in [0.1, 0.15) is 5.60 Å².